The molecule has 50 heavy (non-hydrogen) atoms. The van der Waals surface area contributed by atoms with Crippen molar-refractivity contribution in [3.8, 4) is 39.1 Å². The minimum Gasteiger partial charge on any atom is -0.310 e. The second kappa shape index (κ2) is 12.8. The molecule has 0 atom stereocenters. The summed E-state index contributed by atoms with van der Waals surface area (Å²) in [6, 6.07) is 58.8. The van der Waals surface area contributed by atoms with Gasteiger partial charge in [-0.3, -0.25) is 0 Å². The lowest BCUT2D eigenvalue weighted by molar-refractivity contribution is 1.18. The van der Waals surface area contributed by atoms with Crippen molar-refractivity contribution in [2.75, 3.05) is 4.90 Å². The van der Waals surface area contributed by atoms with E-state index in [0.717, 1.165) is 72.2 Å². The van der Waals surface area contributed by atoms with Gasteiger partial charge in [0.25, 0.3) is 0 Å². The maximum Gasteiger partial charge on any atom is 0.0645 e. The molecule has 9 rings (SSSR count). The van der Waals surface area contributed by atoms with Crippen LogP contribution in [0, 0.1) is 0 Å². The lowest BCUT2D eigenvalue weighted by atomic mass is 9.98. The standard InChI is InChI=1S/C48H34N2/c1-4-14-35(15-5-1)37-26-30-41(31-27-37)49(42-32-28-38(29-33-42)36-16-6-2-7-17-36)43-21-12-18-39(34-43)44-23-13-25-47-48(44)45-22-10-11-24-46(45)50(47)40-19-8-3-9-20-40/h1-34H/i3D,8D,9D,19D,20D. The average Bonchev–Trinajstić information content (AvgIpc) is 3.58. The van der Waals surface area contributed by atoms with E-state index in [1.54, 1.807) is 0 Å². The number of aromatic nitrogens is 1. The van der Waals surface area contributed by atoms with Crippen LogP contribution in [0.5, 0.6) is 0 Å². The van der Waals surface area contributed by atoms with Crippen LogP contribution in [-0.4, -0.2) is 4.57 Å². The number of nitrogens with zero attached hydrogens (tertiary/aromatic N) is 2. The van der Waals surface area contributed by atoms with E-state index < -0.39 is 6.04 Å². The van der Waals surface area contributed by atoms with Crippen molar-refractivity contribution >= 4 is 38.9 Å². The molecular weight excluding hydrogens is 605 g/mol. The summed E-state index contributed by atoms with van der Waals surface area (Å²) >= 11 is 0. The minimum absolute atomic E-state index is 0.132. The SMILES string of the molecule is [2H]c1c([2H])c([2H])c(-n2c3ccccc3c3c(-c4cccc(N(c5ccc(-c6ccccc6)cc5)c5ccc(-c6ccccc6)cc5)c4)cccc32)c([2H])c1[2H]. The molecule has 0 radical (unpaired) electrons. The Hall–Kier alpha value is -6.64. The van der Waals surface area contributed by atoms with Crippen LogP contribution in [-0.2, 0) is 0 Å². The van der Waals surface area contributed by atoms with Crippen molar-refractivity contribution in [1.82, 2.24) is 4.57 Å². The van der Waals surface area contributed by atoms with Gasteiger partial charge >= 0.3 is 0 Å². The normalized spacial score (nSPS) is 12.6. The summed E-state index contributed by atoms with van der Waals surface area (Å²) in [6.45, 7) is 0. The molecule has 0 saturated heterocycles. The average molecular weight is 644 g/mol. The van der Waals surface area contributed by atoms with Gasteiger partial charge in [0.15, 0.2) is 0 Å². The first-order valence-electron chi connectivity index (χ1n) is 19.2. The van der Waals surface area contributed by atoms with Gasteiger partial charge in [-0.1, -0.05) is 146 Å². The molecule has 2 nitrogen and oxygen atoms in total. The van der Waals surface area contributed by atoms with Crippen molar-refractivity contribution in [2.45, 2.75) is 0 Å². The monoisotopic (exact) mass is 643 g/mol. The van der Waals surface area contributed by atoms with Crippen molar-refractivity contribution in [2.24, 2.45) is 0 Å². The van der Waals surface area contributed by atoms with E-state index in [4.69, 9.17) is 6.85 Å². The van der Waals surface area contributed by atoms with Gasteiger partial charge in [-0.15, -0.1) is 0 Å². The first kappa shape index (κ1) is 24.5. The van der Waals surface area contributed by atoms with E-state index >= 15 is 0 Å². The smallest absolute Gasteiger partial charge is 0.0645 e. The fourth-order valence-corrected chi connectivity index (χ4v) is 6.98. The molecule has 0 aliphatic heterocycles. The molecular formula is C48H34N2. The van der Waals surface area contributed by atoms with Crippen LogP contribution in [0.4, 0.5) is 17.1 Å². The second-order valence-electron chi connectivity index (χ2n) is 12.2. The molecule has 0 spiro atoms. The van der Waals surface area contributed by atoms with Gasteiger partial charge in [-0.25, -0.2) is 0 Å². The molecule has 0 fully saturated rings. The number of rotatable bonds is 7. The van der Waals surface area contributed by atoms with Crippen LogP contribution < -0.4 is 4.90 Å². The van der Waals surface area contributed by atoms with Crippen LogP contribution in [0.15, 0.2) is 206 Å². The fraction of sp³-hybridized carbons (Fsp3) is 0. The minimum atomic E-state index is -0.411. The van der Waals surface area contributed by atoms with Crippen LogP contribution >= 0.6 is 0 Å². The number of hydrogen-bond donors (Lipinski definition) is 0. The topological polar surface area (TPSA) is 8.17 Å². The Morgan fingerprint density at radius 1 is 0.400 bits per heavy atom. The van der Waals surface area contributed by atoms with E-state index in [1.165, 1.54) is 0 Å². The molecule has 0 saturated carbocycles. The third kappa shape index (κ3) is 5.34. The molecule has 8 aromatic carbocycles. The first-order chi connectivity index (χ1) is 26.9. The van der Waals surface area contributed by atoms with Gasteiger partial charge in [-0.2, -0.15) is 0 Å². The summed E-state index contributed by atoms with van der Waals surface area (Å²) in [5, 5.41) is 1.86. The molecule has 0 unspecified atom stereocenters. The van der Waals surface area contributed by atoms with Gasteiger partial charge in [0.1, 0.15) is 0 Å². The second-order valence-corrected chi connectivity index (χ2v) is 12.2. The number of benzene rings is 8. The Kier molecular flexibility index (Phi) is 6.25. The predicted molar refractivity (Wildman–Crippen MR) is 212 cm³/mol. The third-order valence-electron chi connectivity index (χ3n) is 9.29. The summed E-state index contributed by atoms with van der Waals surface area (Å²) in [6.07, 6.45) is 0. The quantitative estimate of drug-likeness (QED) is 0.168. The van der Waals surface area contributed by atoms with E-state index in [9.17, 15) is 0 Å². The zero-order valence-electron chi connectivity index (χ0n) is 32.1. The molecule has 2 heteroatoms. The Labute approximate surface area is 299 Å². The maximum absolute atomic E-state index is 8.84. The van der Waals surface area contributed by atoms with Crippen LogP contribution in [0.1, 0.15) is 6.85 Å². The van der Waals surface area contributed by atoms with Gasteiger partial charge in [0, 0.05) is 33.5 Å². The molecule has 0 bridgehead atoms. The molecule has 0 N–H and O–H groups in total. The van der Waals surface area contributed by atoms with Gasteiger partial charge in [0.05, 0.1) is 17.9 Å². The molecule has 0 aliphatic rings. The van der Waals surface area contributed by atoms with Crippen molar-refractivity contribution in [3.05, 3.63) is 206 Å². The van der Waals surface area contributed by atoms with E-state index in [-0.39, 0.29) is 29.9 Å². The molecule has 0 aliphatic carbocycles. The number of hydrogen-bond acceptors (Lipinski definition) is 1. The van der Waals surface area contributed by atoms with Gasteiger partial charge in [-0.05, 0) is 94.0 Å². The first-order valence-corrected chi connectivity index (χ1v) is 16.7. The maximum atomic E-state index is 8.84. The molecule has 236 valence electrons. The molecule has 1 heterocycles. The van der Waals surface area contributed by atoms with E-state index in [1.807, 2.05) is 53.1 Å². The van der Waals surface area contributed by atoms with E-state index in [2.05, 4.69) is 132 Å². The molecule has 9 aromatic rings. The fourth-order valence-electron chi connectivity index (χ4n) is 6.98. The largest absolute Gasteiger partial charge is 0.310 e. The van der Waals surface area contributed by atoms with Crippen LogP contribution in [0.25, 0.3) is 60.9 Å². The molecule has 0 amide bonds. The summed E-state index contributed by atoms with van der Waals surface area (Å²) < 4.78 is 44.5. The van der Waals surface area contributed by atoms with Crippen LogP contribution in [0.3, 0.4) is 0 Å². The van der Waals surface area contributed by atoms with Crippen molar-refractivity contribution in [3.63, 3.8) is 0 Å². The van der Waals surface area contributed by atoms with Gasteiger partial charge < -0.3 is 9.47 Å². The zero-order chi connectivity index (χ0) is 37.6. The number of para-hydroxylation sites is 2. The highest BCUT2D eigenvalue weighted by Gasteiger charge is 2.18. The Morgan fingerprint density at radius 3 is 1.56 bits per heavy atom. The predicted octanol–water partition coefficient (Wildman–Crippen LogP) is 13.3. The Morgan fingerprint density at radius 2 is 0.920 bits per heavy atom. The zero-order valence-corrected chi connectivity index (χ0v) is 27.1. The number of anilines is 3. The summed E-state index contributed by atoms with van der Waals surface area (Å²) in [4.78, 5) is 2.27. The highest BCUT2D eigenvalue weighted by atomic mass is 15.1. The van der Waals surface area contributed by atoms with E-state index in [0.29, 0.717) is 0 Å². The lowest BCUT2D eigenvalue weighted by Gasteiger charge is -2.26. The van der Waals surface area contributed by atoms with Crippen molar-refractivity contribution in [1.29, 1.82) is 0 Å². The highest BCUT2D eigenvalue weighted by molar-refractivity contribution is 6.15. The van der Waals surface area contributed by atoms with Crippen LogP contribution in [0.2, 0.25) is 0 Å². The van der Waals surface area contributed by atoms with Crippen molar-refractivity contribution < 1.29 is 6.85 Å². The summed E-state index contributed by atoms with van der Waals surface area (Å²) in [7, 11) is 0. The Bertz CT molecular complexity index is 2740. The van der Waals surface area contributed by atoms with Gasteiger partial charge in [0.2, 0.25) is 0 Å². The Balaban J connectivity index is 1.22. The number of fused-ring (bicyclic) bond motifs is 3. The lowest BCUT2D eigenvalue weighted by Crippen LogP contribution is -2.10. The highest BCUT2D eigenvalue weighted by Crippen LogP contribution is 2.42. The summed E-state index contributed by atoms with van der Waals surface area (Å²) in [5.41, 5.74) is 11.2. The summed E-state index contributed by atoms with van der Waals surface area (Å²) in [5.74, 6) is 0. The molecule has 1 aromatic heterocycles. The third-order valence-corrected chi connectivity index (χ3v) is 9.29.